The lowest BCUT2D eigenvalue weighted by Crippen LogP contribution is -3.00. The molecule has 0 aliphatic heterocycles. The van der Waals surface area contributed by atoms with Crippen molar-refractivity contribution in [3.8, 4) is 0 Å². The van der Waals surface area contributed by atoms with Gasteiger partial charge in [0.1, 0.15) is 5.56 Å². The quantitative estimate of drug-likeness (QED) is 0.211. The molecule has 126 valence electrons. The molecule has 0 aliphatic rings. The normalized spacial score (nSPS) is 9.87. The molecule has 1 aromatic rings. The third-order valence-corrected chi connectivity index (χ3v) is 2.84. The number of ether oxygens (including phenoxy) is 2. The van der Waals surface area contributed by atoms with Gasteiger partial charge in [-0.3, -0.25) is 4.79 Å². The van der Waals surface area contributed by atoms with Gasteiger partial charge in [-0.1, -0.05) is 0 Å². The fraction of sp³-hybridized carbons (Fsp3) is 0.333. The number of carbonyl (C=O) groups is 3. The molecule has 0 unspecified atom stereocenters. The molecule has 0 spiro atoms. The summed E-state index contributed by atoms with van der Waals surface area (Å²) in [4.78, 5) is 35.8. The molecule has 1 heterocycles. The molecule has 0 aliphatic carbocycles. The highest BCUT2D eigenvalue weighted by Crippen LogP contribution is 2.00. The Kier molecular flexibility index (Phi) is 9.79. The monoisotopic (exact) mass is 434 g/mol. The van der Waals surface area contributed by atoms with Crippen molar-refractivity contribution < 1.29 is 52.4 Å². The Labute approximate surface area is 151 Å². The first-order valence-corrected chi connectivity index (χ1v) is 6.65. The minimum Gasteiger partial charge on any atom is -1.00 e. The summed E-state index contributed by atoms with van der Waals surface area (Å²) in [6.07, 6.45) is 5.21. The Balaban J connectivity index is 0.00000484. The molecule has 0 aromatic carbocycles. The Hall–Kier alpha value is -1.97. The predicted molar refractivity (Wildman–Crippen MR) is 76.5 cm³/mol. The van der Waals surface area contributed by atoms with Crippen LogP contribution in [0.5, 0.6) is 0 Å². The second-order valence-corrected chi connectivity index (χ2v) is 4.38. The number of hydrogen-bond acceptors (Lipinski definition) is 5. The van der Waals surface area contributed by atoms with E-state index in [9.17, 15) is 14.4 Å². The summed E-state index contributed by atoms with van der Waals surface area (Å²) in [5.41, 5.74) is 0.494. The Bertz CT molecular complexity index is 589. The van der Waals surface area contributed by atoms with E-state index in [0.717, 1.165) is 12.2 Å². The Morgan fingerprint density at radius 1 is 1.26 bits per heavy atom. The highest BCUT2D eigenvalue weighted by molar-refractivity contribution is 5.93. The second-order valence-electron chi connectivity index (χ2n) is 4.38. The summed E-state index contributed by atoms with van der Waals surface area (Å²) in [7, 11) is 2.92. The van der Waals surface area contributed by atoms with Gasteiger partial charge in [0, 0.05) is 31.8 Å². The minimum atomic E-state index is -0.680. The maximum absolute atomic E-state index is 12.0. The van der Waals surface area contributed by atoms with E-state index in [-0.39, 0.29) is 36.6 Å². The third-order valence-electron chi connectivity index (χ3n) is 2.84. The molecule has 23 heavy (non-hydrogen) atoms. The van der Waals surface area contributed by atoms with Gasteiger partial charge in [0.05, 0.1) is 7.11 Å². The maximum atomic E-state index is 12.0. The molecule has 1 rings (SSSR count). The number of rotatable bonds is 6. The van der Waals surface area contributed by atoms with E-state index in [1.165, 1.54) is 7.11 Å². The van der Waals surface area contributed by atoms with Gasteiger partial charge in [-0.05, 0) is 13.0 Å². The lowest BCUT2D eigenvalue weighted by molar-refractivity contribution is -0.727. The van der Waals surface area contributed by atoms with Gasteiger partial charge in [-0.15, -0.1) is 0 Å². The number of nitrogens with zero attached hydrogens (tertiary/aromatic N) is 2. The number of esters is 2. The number of aromatic nitrogens is 1. The van der Waals surface area contributed by atoms with Crippen molar-refractivity contribution >= 4 is 17.8 Å². The van der Waals surface area contributed by atoms with Crippen LogP contribution in [0, 0.1) is 0 Å². The first-order valence-electron chi connectivity index (χ1n) is 6.65. The van der Waals surface area contributed by atoms with Gasteiger partial charge in [-0.2, -0.15) is 4.57 Å². The average molecular weight is 434 g/mol. The second kappa shape index (κ2) is 10.7. The lowest BCUT2D eigenvalue weighted by atomic mass is 10.2. The zero-order chi connectivity index (χ0) is 16.5. The molecule has 0 fully saturated rings. The smallest absolute Gasteiger partial charge is 0.335 e. The molecular weight excluding hydrogens is 415 g/mol. The minimum absolute atomic E-state index is 0. The fourth-order valence-electron chi connectivity index (χ4n) is 1.48. The molecule has 1 aromatic heterocycles. The third kappa shape index (κ3) is 7.22. The SMILES string of the molecule is CCN(C)C(=O)c1ccc[n+](COC(=O)/C=C/C(=O)OC)c1.[I-]. The lowest BCUT2D eigenvalue weighted by Gasteiger charge is -2.13. The van der Waals surface area contributed by atoms with Crippen LogP contribution in [0.15, 0.2) is 36.7 Å². The maximum Gasteiger partial charge on any atom is 0.335 e. The largest absolute Gasteiger partial charge is 1.00 e. The summed E-state index contributed by atoms with van der Waals surface area (Å²) in [6, 6.07) is 3.37. The van der Waals surface area contributed by atoms with Gasteiger partial charge >= 0.3 is 11.9 Å². The van der Waals surface area contributed by atoms with E-state index >= 15 is 0 Å². The highest BCUT2D eigenvalue weighted by Gasteiger charge is 2.14. The van der Waals surface area contributed by atoms with Crippen molar-refractivity contribution in [1.29, 1.82) is 0 Å². The molecule has 0 bridgehead atoms. The zero-order valence-electron chi connectivity index (χ0n) is 13.2. The van der Waals surface area contributed by atoms with Crippen molar-refractivity contribution in [1.82, 2.24) is 4.90 Å². The van der Waals surface area contributed by atoms with Crippen LogP contribution >= 0.6 is 0 Å². The van der Waals surface area contributed by atoms with Crippen molar-refractivity contribution in [3.05, 3.63) is 42.2 Å². The van der Waals surface area contributed by atoms with E-state index in [1.54, 1.807) is 41.0 Å². The van der Waals surface area contributed by atoms with Crippen molar-refractivity contribution in [3.63, 3.8) is 0 Å². The molecule has 0 radical (unpaired) electrons. The van der Waals surface area contributed by atoms with Gasteiger partial charge in [0.2, 0.25) is 0 Å². The van der Waals surface area contributed by atoms with Crippen LogP contribution in [-0.2, 0) is 25.8 Å². The van der Waals surface area contributed by atoms with Gasteiger partial charge in [0.25, 0.3) is 12.6 Å². The van der Waals surface area contributed by atoms with E-state index < -0.39 is 11.9 Å². The van der Waals surface area contributed by atoms with Gasteiger partial charge < -0.3 is 38.4 Å². The molecule has 0 saturated heterocycles. The topological polar surface area (TPSA) is 76.8 Å². The highest BCUT2D eigenvalue weighted by atomic mass is 127. The van der Waals surface area contributed by atoms with Crippen LogP contribution in [0.3, 0.4) is 0 Å². The Morgan fingerprint density at radius 2 is 1.91 bits per heavy atom. The summed E-state index contributed by atoms with van der Waals surface area (Å²) in [5.74, 6) is -1.44. The summed E-state index contributed by atoms with van der Waals surface area (Å²) in [5, 5.41) is 0. The van der Waals surface area contributed by atoms with Crippen molar-refractivity contribution in [2.75, 3.05) is 20.7 Å². The number of amides is 1. The molecule has 0 saturated carbocycles. The number of pyridine rings is 1. The van der Waals surface area contributed by atoms with Gasteiger partial charge in [-0.25, -0.2) is 9.59 Å². The first-order chi connectivity index (χ1) is 10.5. The molecule has 8 heteroatoms. The van der Waals surface area contributed by atoms with Crippen LogP contribution in [0.4, 0.5) is 0 Å². The number of methoxy groups -OCH3 is 1. The Morgan fingerprint density at radius 3 is 2.52 bits per heavy atom. The standard InChI is InChI=1S/C15H19N2O5.HI/c1-4-16(2)15(20)12-6-5-9-17(10-12)11-22-14(19)8-7-13(18)21-3;/h5-10H,4,11H2,1-3H3;1H/q+1;/p-1/b8-7+;. The average Bonchev–Trinajstić information content (AvgIpc) is 2.56. The summed E-state index contributed by atoms with van der Waals surface area (Å²) >= 11 is 0. The molecule has 0 N–H and O–H groups in total. The van der Waals surface area contributed by atoms with Crippen LogP contribution in [-0.4, -0.2) is 43.4 Å². The van der Waals surface area contributed by atoms with Crippen LogP contribution in [0.25, 0.3) is 0 Å². The van der Waals surface area contributed by atoms with Crippen LogP contribution in [0.1, 0.15) is 17.3 Å². The molecule has 0 atom stereocenters. The van der Waals surface area contributed by atoms with Crippen molar-refractivity contribution in [2.45, 2.75) is 13.7 Å². The fourth-order valence-corrected chi connectivity index (χ4v) is 1.48. The summed E-state index contributed by atoms with van der Waals surface area (Å²) in [6.45, 7) is 2.41. The van der Waals surface area contributed by atoms with Crippen molar-refractivity contribution in [2.24, 2.45) is 0 Å². The number of hydrogen-bond donors (Lipinski definition) is 0. The zero-order valence-corrected chi connectivity index (χ0v) is 15.3. The first kappa shape index (κ1) is 21.0. The summed E-state index contributed by atoms with van der Waals surface area (Å²) < 4.78 is 10.9. The number of halogens is 1. The molecule has 7 nitrogen and oxygen atoms in total. The van der Waals surface area contributed by atoms with Crippen LogP contribution < -0.4 is 28.5 Å². The van der Waals surface area contributed by atoms with E-state index in [1.807, 2.05) is 6.92 Å². The van der Waals surface area contributed by atoms with Gasteiger partial charge in [0.15, 0.2) is 12.4 Å². The van der Waals surface area contributed by atoms with E-state index in [4.69, 9.17) is 4.74 Å². The molecular formula is C15H19IN2O5. The number of carbonyl (C=O) groups excluding carboxylic acids is 3. The van der Waals surface area contributed by atoms with Crippen LogP contribution in [0.2, 0.25) is 0 Å². The van der Waals surface area contributed by atoms with E-state index in [2.05, 4.69) is 4.74 Å². The predicted octanol–water partition coefficient (Wildman–Crippen LogP) is -2.70. The van der Waals surface area contributed by atoms with E-state index in [0.29, 0.717) is 12.1 Å². The molecule has 1 amide bonds.